The summed E-state index contributed by atoms with van der Waals surface area (Å²) in [6.07, 6.45) is 7.52. The first-order chi connectivity index (χ1) is 8.86. The zero-order chi connectivity index (χ0) is 12.4. The lowest BCUT2D eigenvalue weighted by atomic mass is 9.78. The van der Waals surface area contributed by atoms with E-state index in [-0.39, 0.29) is 0 Å². The van der Waals surface area contributed by atoms with E-state index in [2.05, 4.69) is 29.2 Å². The molecule has 1 aromatic carbocycles. The van der Waals surface area contributed by atoms with Crippen molar-refractivity contribution in [1.82, 2.24) is 4.90 Å². The van der Waals surface area contributed by atoms with Crippen LogP contribution in [0.2, 0.25) is 0 Å². The third-order valence-corrected chi connectivity index (χ3v) is 4.43. The van der Waals surface area contributed by atoms with Gasteiger partial charge in [0.15, 0.2) is 0 Å². The number of fused-ring (bicyclic) bond motifs is 1. The van der Waals surface area contributed by atoms with E-state index < -0.39 is 0 Å². The molecule has 0 spiro atoms. The third kappa shape index (κ3) is 2.16. The largest absolute Gasteiger partial charge is 0.334 e. The van der Waals surface area contributed by atoms with Crippen LogP contribution in [0.3, 0.4) is 0 Å². The average Bonchev–Trinajstić information content (AvgIpc) is 2.38. The Balaban J connectivity index is 1.68. The SMILES string of the molecule is O=C1C2CCCCCCC2N1Cc1ccccc1. The number of nitrogens with zero attached hydrogens (tertiary/aromatic N) is 1. The fourth-order valence-electron chi connectivity index (χ4n) is 3.40. The molecule has 1 saturated heterocycles. The minimum atomic E-state index is 0.342. The topological polar surface area (TPSA) is 20.3 Å². The zero-order valence-corrected chi connectivity index (χ0v) is 10.8. The Morgan fingerprint density at radius 2 is 1.72 bits per heavy atom. The molecule has 1 aliphatic heterocycles. The Hall–Kier alpha value is -1.31. The van der Waals surface area contributed by atoms with Crippen molar-refractivity contribution in [3.05, 3.63) is 35.9 Å². The van der Waals surface area contributed by atoms with E-state index in [1.807, 2.05) is 6.07 Å². The minimum absolute atomic E-state index is 0.342. The molecule has 2 unspecified atom stereocenters. The third-order valence-electron chi connectivity index (χ3n) is 4.43. The molecule has 2 aliphatic rings. The number of likely N-dealkylation sites (tertiary alicyclic amines) is 1. The molecule has 0 aromatic heterocycles. The first-order valence-electron chi connectivity index (χ1n) is 7.20. The fourth-order valence-corrected chi connectivity index (χ4v) is 3.40. The number of carbonyl (C=O) groups excluding carboxylic acids is 1. The maximum Gasteiger partial charge on any atom is 0.228 e. The van der Waals surface area contributed by atoms with Gasteiger partial charge in [-0.3, -0.25) is 4.79 Å². The van der Waals surface area contributed by atoms with Crippen LogP contribution >= 0.6 is 0 Å². The monoisotopic (exact) mass is 243 g/mol. The second kappa shape index (κ2) is 5.13. The lowest BCUT2D eigenvalue weighted by molar-refractivity contribution is -0.159. The molecule has 2 heteroatoms. The first kappa shape index (κ1) is 11.8. The van der Waals surface area contributed by atoms with Gasteiger partial charge in [0.2, 0.25) is 5.91 Å². The maximum atomic E-state index is 12.2. The molecule has 0 N–H and O–H groups in total. The predicted octanol–water partition coefficient (Wildman–Crippen LogP) is 3.37. The second-order valence-electron chi connectivity index (χ2n) is 5.62. The van der Waals surface area contributed by atoms with Gasteiger partial charge < -0.3 is 4.90 Å². The molecule has 1 saturated carbocycles. The van der Waals surface area contributed by atoms with Gasteiger partial charge in [-0.2, -0.15) is 0 Å². The second-order valence-corrected chi connectivity index (χ2v) is 5.62. The Morgan fingerprint density at radius 1 is 1.00 bits per heavy atom. The highest BCUT2D eigenvalue weighted by atomic mass is 16.2. The highest BCUT2D eigenvalue weighted by Crippen LogP contribution is 2.37. The molecule has 0 bridgehead atoms. The van der Waals surface area contributed by atoms with Gasteiger partial charge in [-0.1, -0.05) is 56.0 Å². The first-order valence-corrected chi connectivity index (χ1v) is 7.20. The highest BCUT2D eigenvalue weighted by molar-refractivity contribution is 5.86. The molecule has 2 fully saturated rings. The Labute approximate surface area is 109 Å². The Bertz CT molecular complexity index is 414. The summed E-state index contributed by atoms with van der Waals surface area (Å²) in [6.45, 7) is 0.806. The normalized spacial score (nSPS) is 28.0. The van der Waals surface area contributed by atoms with Crippen molar-refractivity contribution in [2.24, 2.45) is 5.92 Å². The van der Waals surface area contributed by atoms with Crippen molar-refractivity contribution < 1.29 is 4.79 Å². The van der Waals surface area contributed by atoms with E-state index >= 15 is 0 Å². The standard InChI is InChI=1S/C16H21NO/c18-16-14-10-6-1-2-7-11-15(14)17(16)12-13-8-4-3-5-9-13/h3-5,8-9,14-15H,1-2,6-7,10-12H2. The summed E-state index contributed by atoms with van der Waals surface area (Å²) in [5, 5.41) is 0. The van der Waals surface area contributed by atoms with Gasteiger partial charge in [-0.15, -0.1) is 0 Å². The van der Waals surface area contributed by atoms with Crippen LogP contribution in [0, 0.1) is 5.92 Å². The highest BCUT2D eigenvalue weighted by Gasteiger charge is 2.45. The van der Waals surface area contributed by atoms with Gasteiger partial charge in [-0.25, -0.2) is 0 Å². The fraction of sp³-hybridized carbons (Fsp3) is 0.562. The van der Waals surface area contributed by atoms with Crippen molar-refractivity contribution in [1.29, 1.82) is 0 Å². The number of amides is 1. The quantitative estimate of drug-likeness (QED) is 0.729. The Morgan fingerprint density at radius 3 is 2.50 bits per heavy atom. The summed E-state index contributed by atoms with van der Waals surface area (Å²) in [6, 6.07) is 10.9. The minimum Gasteiger partial charge on any atom is -0.334 e. The lowest BCUT2D eigenvalue weighted by Gasteiger charge is -2.48. The number of β-lactam (4-membered cyclic amide) rings is 1. The maximum absolute atomic E-state index is 12.2. The molecule has 1 heterocycles. The summed E-state index contributed by atoms with van der Waals surface area (Å²) in [5.74, 6) is 0.736. The van der Waals surface area contributed by atoms with Crippen molar-refractivity contribution in [2.45, 2.75) is 51.1 Å². The summed E-state index contributed by atoms with van der Waals surface area (Å²) >= 11 is 0. The summed E-state index contributed by atoms with van der Waals surface area (Å²) in [7, 11) is 0. The van der Waals surface area contributed by atoms with Gasteiger partial charge in [0.25, 0.3) is 0 Å². The van der Waals surface area contributed by atoms with Crippen LogP contribution in [0.15, 0.2) is 30.3 Å². The van der Waals surface area contributed by atoms with Gasteiger partial charge in [-0.05, 0) is 18.4 Å². The smallest absolute Gasteiger partial charge is 0.228 e. The molecule has 1 aromatic rings. The number of hydrogen-bond acceptors (Lipinski definition) is 1. The van der Waals surface area contributed by atoms with E-state index in [4.69, 9.17) is 0 Å². The van der Waals surface area contributed by atoms with Crippen LogP contribution in [-0.2, 0) is 11.3 Å². The molecular formula is C16H21NO. The van der Waals surface area contributed by atoms with E-state index in [0.717, 1.165) is 13.0 Å². The number of hydrogen-bond donors (Lipinski definition) is 0. The molecule has 2 nitrogen and oxygen atoms in total. The van der Waals surface area contributed by atoms with Crippen LogP contribution in [0.4, 0.5) is 0 Å². The van der Waals surface area contributed by atoms with E-state index in [0.29, 0.717) is 17.9 Å². The van der Waals surface area contributed by atoms with E-state index in [1.165, 1.54) is 37.7 Å². The van der Waals surface area contributed by atoms with Gasteiger partial charge in [0.1, 0.15) is 0 Å². The molecule has 3 rings (SSSR count). The summed E-state index contributed by atoms with van der Waals surface area (Å²) in [4.78, 5) is 14.3. The van der Waals surface area contributed by atoms with E-state index in [9.17, 15) is 4.79 Å². The van der Waals surface area contributed by atoms with Crippen molar-refractivity contribution >= 4 is 5.91 Å². The summed E-state index contributed by atoms with van der Waals surface area (Å²) < 4.78 is 0. The molecule has 2 atom stereocenters. The Kier molecular flexibility index (Phi) is 3.35. The van der Waals surface area contributed by atoms with Crippen LogP contribution in [-0.4, -0.2) is 16.8 Å². The zero-order valence-electron chi connectivity index (χ0n) is 10.8. The number of carbonyl (C=O) groups is 1. The molecule has 1 aliphatic carbocycles. The van der Waals surface area contributed by atoms with Crippen molar-refractivity contribution in [3.8, 4) is 0 Å². The molecule has 1 amide bonds. The molecule has 0 radical (unpaired) electrons. The summed E-state index contributed by atoms with van der Waals surface area (Å²) in [5.41, 5.74) is 1.26. The van der Waals surface area contributed by atoms with Crippen LogP contribution in [0.1, 0.15) is 44.1 Å². The van der Waals surface area contributed by atoms with Crippen LogP contribution in [0.5, 0.6) is 0 Å². The molecular weight excluding hydrogens is 222 g/mol. The lowest BCUT2D eigenvalue weighted by Crippen LogP contribution is -2.60. The number of benzene rings is 1. The van der Waals surface area contributed by atoms with Gasteiger partial charge >= 0.3 is 0 Å². The van der Waals surface area contributed by atoms with Gasteiger partial charge in [0.05, 0.1) is 5.92 Å². The van der Waals surface area contributed by atoms with Crippen LogP contribution < -0.4 is 0 Å². The van der Waals surface area contributed by atoms with E-state index in [1.54, 1.807) is 0 Å². The molecule has 18 heavy (non-hydrogen) atoms. The number of rotatable bonds is 2. The molecule has 96 valence electrons. The van der Waals surface area contributed by atoms with Crippen molar-refractivity contribution in [3.63, 3.8) is 0 Å². The predicted molar refractivity (Wildman–Crippen MR) is 72.0 cm³/mol. The van der Waals surface area contributed by atoms with Crippen LogP contribution in [0.25, 0.3) is 0 Å². The van der Waals surface area contributed by atoms with Gasteiger partial charge in [0, 0.05) is 12.6 Å². The average molecular weight is 243 g/mol. The van der Waals surface area contributed by atoms with Crippen molar-refractivity contribution in [2.75, 3.05) is 0 Å².